The Labute approximate surface area is 147 Å². The molecule has 0 radical (unpaired) electrons. The van der Waals surface area contributed by atoms with Gasteiger partial charge in [0.2, 0.25) is 0 Å². The molecule has 0 amide bonds. The van der Waals surface area contributed by atoms with Crippen LogP contribution in [0, 0.1) is 0 Å². The minimum absolute atomic E-state index is 0.691. The maximum atomic E-state index is 5.71. The lowest BCUT2D eigenvalue weighted by Gasteiger charge is -2.10. The van der Waals surface area contributed by atoms with Crippen LogP contribution in [0.15, 0.2) is 50.3 Å². The predicted octanol–water partition coefficient (Wildman–Crippen LogP) is 5.76. The molecule has 0 aliphatic rings. The number of hydrogen-bond donors (Lipinski definition) is 0. The quantitative estimate of drug-likeness (QED) is 0.549. The summed E-state index contributed by atoms with van der Waals surface area (Å²) < 4.78 is 12.7. The molecule has 0 aliphatic heterocycles. The molecule has 22 heavy (non-hydrogen) atoms. The first kappa shape index (κ1) is 17.0. The minimum atomic E-state index is 0.691. The van der Waals surface area contributed by atoms with Crippen LogP contribution in [0.3, 0.4) is 0 Å². The smallest absolute Gasteiger partial charge is 0.147 e. The summed E-state index contributed by atoms with van der Waals surface area (Å²) in [5.41, 5.74) is 1.86. The first-order valence-electron chi connectivity index (χ1n) is 6.94. The number of nitrogens with zero attached hydrogens (tertiary/aromatic N) is 1. The average Bonchev–Trinajstić information content (AvgIpc) is 2.52. The topological polar surface area (TPSA) is 30.8 Å². The van der Waals surface area contributed by atoms with Gasteiger partial charge in [-0.3, -0.25) is 4.99 Å². The van der Waals surface area contributed by atoms with Crippen molar-refractivity contribution in [2.24, 2.45) is 4.99 Å². The minimum Gasteiger partial charge on any atom is -0.497 e. The Morgan fingerprint density at radius 1 is 1.09 bits per heavy atom. The number of hydrogen-bond acceptors (Lipinski definition) is 3. The standard InChI is InChI=1S/C17H17Br2NO2/c1-3-8-22-17-15(18)9-12(10-16(17)19)11-20-13-4-6-14(21-2)7-5-13/h4-7,9-11H,3,8H2,1-2H3. The van der Waals surface area contributed by atoms with Gasteiger partial charge in [0.1, 0.15) is 11.5 Å². The summed E-state index contributed by atoms with van der Waals surface area (Å²) in [6.45, 7) is 2.77. The Bertz CT molecular complexity index is 631. The lowest BCUT2D eigenvalue weighted by molar-refractivity contribution is 0.313. The van der Waals surface area contributed by atoms with E-state index in [9.17, 15) is 0 Å². The van der Waals surface area contributed by atoms with Crippen molar-refractivity contribution in [3.8, 4) is 11.5 Å². The van der Waals surface area contributed by atoms with Gasteiger partial charge in [-0.15, -0.1) is 0 Å². The molecule has 116 valence electrons. The van der Waals surface area contributed by atoms with Crippen molar-refractivity contribution >= 4 is 43.8 Å². The van der Waals surface area contributed by atoms with E-state index in [0.29, 0.717) is 6.61 Å². The van der Waals surface area contributed by atoms with Crippen LogP contribution < -0.4 is 9.47 Å². The third-order valence-corrected chi connectivity index (χ3v) is 4.08. The molecule has 2 aromatic rings. The van der Waals surface area contributed by atoms with Gasteiger partial charge in [0.25, 0.3) is 0 Å². The van der Waals surface area contributed by atoms with E-state index in [1.165, 1.54) is 0 Å². The fraction of sp³-hybridized carbons (Fsp3) is 0.235. The first-order chi connectivity index (χ1) is 10.6. The number of methoxy groups -OCH3 is 1. The second-order valence-electron chi connectivity index (χ2n) is 4.62. The molecule has 0 unspecified atom stereocenters. The van der Waals surface area contributed by atoms with Gasteiger partial charge in [-0.2, -0.15) is 0 Å². The van der Waals surface area contributed by atoms with Gasteiger partial charge in [0.05, 0.1) is 28.3 Å². The van der Waals surface area contributed by atoms with Crippen molar-refractivity contribution in [1.82, 2.24) is 0 Å². The second-order valence-corrected chi connectivity index (χ2v) is 6.33. The number of aliphatic imine (C=N–C) groups is 1. The lowest BCUT2D eigenvalue weighted by atomic mass is 10.2. The zero-order valence-corrected chi connectivity index (χ0v) is 15.6. The van der Waals surface area contributed by atoms with E-state index in [1.54, 1.807) is 7.11 Å². The van der Waals surface area contributed by atoms with Crippen molar-refractivity contribution in [1.29, 1.82) is 0 Å². The van der Waals surface area contributed by atoms with Crippen LogP contribution in [-0.2, 0) is 0 Å². The Kier molecular flexibility index (Phi) is 6.46. The summed E-state index contributed by atoms with van der Waals surface area (Å²) in [5.74, 6) is 1.64. The molecule has 2 rings (SSSR count). The van der Waals surface area contributed by atoms with Crippen LogP contribution in [0.5, 0.6) is 11.5 Å². The highest BCUT2D eigenvalue weighted by Gasteiger charge is 2.08. The van der Waals surface area contributed by atoms with Crippen molar-refractivity contribution in [2.45, 2.75) is 13.3 Å². The van der Waals surface area contributed by atoms with E-state index >= 15 is 0 Å². The van der Waals surface area contributed by atoms with Crippen molar-refractivity contribution in [2.75, 3.05) is 13.7 Å². The predicted molar refractivity (Wildman–Crippen MR) is 97.9 cm³/mol. The zero-order chi connectivity index (χ0) is 15.9. The van der Waals surface area contributed by atoms with E-state index in [1.807, 2.05) is 42.6 Å². The molecular weight excluding hydrogens is 410 g/mol. The number of rotatable bonds is 6. The summed E-state index contributed by atoms with van der Waals surface area (Å²) in [5, 5.41) is 0. The van der Waals surface area contributed by atoms with Crippen molar-refractivity contribution < 1.29 is 9.47 Å². The van der Waals surface area contributed by atoms with E-state index in [-0.39, 0.29) is 0 Å². The number of ether oxygens (including phenoxy) is 2. The van der Waals surface area contributed by atoms with Gasteiger partial charge in [-0.25, -0.2) is 0 Å². The number of halogens is 2. The summed E-state index contributed by atoms with van der Waals surface area (Å²) in [6, 6.07) is 11.6. The zero-order valence-electron chi connectivity index (χ0n) is 12.5. The van der Waals surface area contributed by atoms with Gasteiger partial charge in [0, 0.05) is 6.21 Å². The number of benzene rings is 2. The largest absolute Gasteiger partial charge is 0.497 e. The molecule has 5 heteroatoms. The average molecular weight is 427 g/mol. The first-order valence-corrected chi connectivity index (χ1v) is 8.52. The van der Waals surface area contributed by atoms with Crippen LogP contribution in [0.2, 0.25) is 0 Å². The van der Waals surface area contributed by atoms with Crippen LogP contribution >= 0.6 is 31.9 Å². The summed E-state index contributed by atoms with van der Waals surface area (Å²) in [7, 11) is 1.65. The Hall–Kier alpha value is -1.33. The third-order valence-electron chi connectivity index (χ3n) is 2.91. The Morgan fingerprint density at radius 3 is 2.27 bits per heavy atom. The highest BCUT2D eigenvalue weighted by molar-refractivity contribution is 9.11. The van der Waals surface area contributed by atoms with Gasteiger partial charge >= 0.3 is 0 Å². The van der Waals surface area contributed by atoms with Gasteiger partial charge in [-0.1, -0.05) is 6.92 Å². The lowest BCUT2D eigenvalue weighted by Crippen LogP contribution is -1.97. The summed E-state index contributed by atoms with van der Waals surface area (Å²) in [4.78, 5) is 4.46. The molecule has 0 bridgehead atoms. The van der Waals surface area contributed by atoms with Gasteiger partial charge in [0.15, 0.2) is 0 Å². The van der Waals surface area contributed by atoms with E-state index < -0.39 is 0 Å². The molecular formula is C17H17Br2NO2. The molecule has 0 atom stereocenters. The third kappa shape index (κ3) is 4.58. The maximum absolute atomic E-state index is 5.71. The van der Waals surface area contributed by atoms with Crippen LogP contribution in [0.1, 0.15) is 18.9 Å². The second kappa shape index (κ2) is 8.34. The van der Waals surface area contributed by atoms with Crippen LogP contribution in [-0.4, -0.2) is 19.9 Å². The molecule has 0 spiro atoms. The van der Waals surface area contributed by atoms with Gasteiger partial charge in [-0.05, 0) is 80.2 Å². The van der Waals surface area contributed by atoms with Crippen LogP contribution in [0.25, 0.3) is 0 Å². The highest BCUT2D eigenvalue weighted by atomic mass is 79.9. The van der Waals surface area contributed by atoms with Crippen molar-refractivity contribution in [3.63, 3.8) is 0 Å². The van der Waals surface area contributed by atoms with E-state index in [4.69, 9.17) is 9.47 Å². The fourth-order valence-corrected chi connectivity index (χ4v) is 3.26. The van der Waals surface area contributed by atoms with Gasteiger partial charge < -0.3 is 9.47 Å². The molecule has 0 aromatic heterocycles. The van der Waals surface area contributed by atoms with E-state index in [2.05, 4.69) is 43.8 Å². The van der Waals surface area contributed by atoms with Crippen LogP contribution in [0.4, 0.5) is 5.69 Å². The Morgan fingerprint density at radius 2 is 1.73 bits per heavy atom. The van der Waals surface area contributed by atoms with Crippen molar-refractivity contribution in [3.05, 3.63) is 50.9 Å². The molecule has 3 nitrogen and oxygen atoms in total. The highest BCUT2D eigenvalue weighted by Crippen LogP contribution is 2.34. The molecule has 0 fully saturated rings. The summed E-state index contributed by atoms with van der Waals surface area (Å²) in [6.07, 6.45) is 2.79. The molecule has 0 aliphatic carbocycles. The summed E-state index contributed by atoms with van der Waals surface area (Å²) >= 11 is 7.08. The molecule has 2 aromatic carbocycles. The normalized spacial score (nSPS) is 10.9. The Balaban J connectivity index is 2.16. The molecule has 0 heterocycles. The maximum Gasteiger partial charge on any atom is 0.147 e. The SMILES string of the molecule is CCCOc1c(Br)cc(C=Nc2ccc(OC)cc2)cc1Br. The molecule has 0 N–H and O–H groups in total. The monoisotopic (exact) mass is 425 g/mol. The molecule has 0 saturated carbocycles. The van der Waals surface area contributed by atoms with E-state index in [0.717, 1.165) is 38.1 Å². The molecule has 0 saturated heterocycles. The fourth-order valence-electron chi connectivity index (χ4n) is 1.81.